The number of hydrogen-bond donors (Lipinski definition) is 1. The third kappa shape index (κ3) is 2.71. The molecule has 0 aliphatic heterocycles. The highest BCUT2D eigenvalue weighted by Crippen LogP contribution is 2.14. The predicted molar refractivity (Wildman–Crippen MR) is 50.9 cm³/mol. The van der Waals surface area contributed by atoms with Crippen LogP contribution in [0.15, 0.2) is 18.9 Å². The van der Waals surface area contributed by atoms with E-state index >= 15 is 0 Å². The van der Waals surface area contributed by atoms with Gasteiger partial charge in [-0.25, -0.2) is 0 Å². The zero-order chi connectivity index (χ0) is 8.81. The van der Waals surface area contributed by atoms with Crippen LogP contribution in [-0.4, -0.2) is 8.75 Å². The first-order chi connectivity index (χ1) is 5.84. The topological polar surface area (TPSA) is 51.8 Å². The fourth-order valence-electron chi connectivity index (χ4n) is 0.965. The van der Waals surface area contributed by atoms with E-state index in [1.807, 2.05) is 6.08 Å². The Morgan fingerprint density at radius 1 is 1.75 bits per heavy atom. The summed E-state index contributed by atoms with van der Waals surface area (Å²) >= 11 is 1.21. The molecule has 0 amide bonds. The Kier molecular flexibility index (Phi) is 3.90. The van der Waals surface area contributed by atoms with Crippen molar-refractivity contribution in [2.75, 3.05) is 0 Å². The van der Waals surface area contributed by atoms with Gasteiger partial charge in [-0.1, -0.05) is 6.08 Å². The largest absolute Gasteiger partial charge is 0.323 e. The van der Waals surface area contributed by atoms with E-state index in [2.05, 4.69) is 15.3 Å². The second kappa shape index (κ2) is 5.00. The number of unbranched alkanes of at least 4 members (excludes halogenated alkanes) is 1. The summed E-state index contributed by atoms with van der Waals surface area (Å²) < 4.78 is 7.98. The number of aromatic nitrogens is 2. The fourth-order valence-corrected chi connectivity index (χ4v) is 1.44. The van der Waals surface area contributed by atoms with Crippen LogP contribution in [0, 0.1) is 0 Å². The van der Waals surface area contributed by atoms with Crippen LogP contribution >= 0.6 is 11.7 Å². The molecule has 2 N–H and O–H groups in total. The van der Waals surface area contributed by atoms with Crippen molar-refractivity contribution >= 4 is 11.7 Å². The molecular weight excluding hydrogens is 170 g/mol. The molecule has 0 aromatic carbocycles. The van der Waals surface area contributed by atoms with E-state index in [-0.39, 0.29) is 6.04 Å². The Bertz CT molecular complexity index is 220. The molecule has 0 bridgehead atoms. The number of hydrogen-bond acceptors (Lipinski definition) is 4. The van der Waals surface area contributed by atoms with Crippen molar-refractivity contribution in [2.24, 2.45) is 5.73 Å². The third-order valence-electron chi connectivity index (χ3n) is 1.68. The lowest BCUT2D eigenvalue weighted by atomic mass is 10.1. The highest BCUT2D eigenvalue weighted by atomic mass is 32.1. The molecule has 0 spiro atoms. The molecule has 66 valence electrons. The summed E-state index contributed by atoms with van der Waals surface area (Å²) in [5.74, 6) is 0. The predicted octanol–water partition coefficient (Wildman–Crippen LogP) is 1.89. The zero-order valence-corrected chi connectivity index (χ0v) is 7.76. The van der Waals surface area contributed by atoms with E-state index < -0.39 is 0 Å². The number of allylic oxidation sites excluding steroid dienone is 1. The Labute approximate surface area is 76.6 Å². The monoisotopic (exact) mass is 183 g/mol. The van der Waals surface area contributed by atoms with Crippen molar-refractivity contribution in [3.05, 3.63) is 24.5 Å². The van der Waals surface area contributed by atoms with Gasteiger partial charge < -0.3 is 5.73 Å². The van der Waals surface area contributed by atoms with Crippen LogP contribution in [0.2, 0.25) is 0 Å². The Hall–Kier alpha value is -0.740. The van der Waals surface area contributed by atoms with Gasteiger partial charge in [0.15, 0.2) is 0 Å². The van der Waals surface area contributed by atoms with Gasteiger partial charge >= 0.3 is 0 Å². The molecule has 3 nitrogen and oxygen atoms in total. The minimum absolute atomic E-state index is 0.0451. The van der Waals surface area contributed by atoms with E-state index in [9.17, 15) is 0 Å². The van der Waals surface area contributed by atoms with Crippen molar-refractivity contribution < 1.29 is 0 Å². The average Bonchev–Trinajstić information content (AvgIpc) is 2.56. The molecule has 1 atom stereocenters. The van der Waals surface area contributed by atoms with Gasteiger partial charge in [0, 0.05) is 6.04 Å². The smallest absolute Gasteiger partial charge is 0.0910 e. The maximum atomic E-state index is 5.85. The molecule has 1 heterocycles. The molecule has 0 fully saturated rings. The van der Waals surface area contributed by atoms with Gasteiger partial charge in [-0.05, 0) is 19.3 Å². The standard InChI is InChI=1S/C8H13N3S/c1-2-3-4-5-7(9)8-6-10-12-11-8/h2,6-7H,1,3-5,9H2. The van der Waals surface area contributed by atoms with Gasteiger partial charge in [-0.15, -0.1) is 6.58 Å². The van der Waals surface area contributed by atoms with E-state index in [0.717, 1.165) is 25.0 Å². The molecule has 4 heteroatoms. The van der Waals surface area contributed by atoms with Crippen LogP contribution in [0.25, 0.3) is 0 Å². The minimum Gasteiger partial charge on any atom is -0.323 e. The quantitative estimate of drug-likeness (QED) is 0.560. The van der Waals surface area contributed by atoms with E-state index in [0.29, 0.717) is 0 Å². The first-order valence-electron chi connectivity index (χ1n) is 3.98. The summed E-state index contributed by atoms with van der Waals surface area (Å²) in [5, 5.41) is 0. The average molecular weight is 183 g/mol. The normalized spacial score (nSPS) is 12.8. The minimum atomic E-state index is 0.0451. The Morgan fingerprint density at radius 2 is 2.58 bits per heavy atom. The van der Waals surface area contributed by atoms with Gasteiger partial charge in [0.1, 0.15) is 0 Å². The van der Waals surface area contributed by atoms with Crippen LogP contribution in [0.3, 0.4) is 0 Å². The first-order valence-corrected chi connectivity index (χ1v) is 4.71. The molecule has 0 aliphatic rings. The summed E-state index contributed by atoms with van der Waals surface area (Å²) in [7, 11) is 0. The van der Waals surface area contributed by atoms with E-state index in [4.69, 9.17) is 5.73 Å². The SMILES string of the molecule is C=CCCCC(N)c1cnsn1. The maximum Gasteiger partial charge on any atom is 0.0910 e. The number of rotatable bonds is 5. The highest BCUT2D eigenvalue weighted by Gasteiger charge is 2.07. The lowest BCUT2D eigenvalue weighted by Gasteiger charge is -2.05. The molecule has 0 radical (unpaired) electrons. The van der Waals surface area contributed by atoms with Crippen molar-refractivity contribution in [3.8, 4) is 0 Å². The Balaban J connectivity index is 2.29. The van der Waals surface area contributed by atoms with Crippen molar-refractivity contribution in [1.29, 1.82) is 0 Å². The second-order valence-electron chi connectivity index (χ2n) is 2.66. The summed E-state index contributed by atoms with van der Waals surface area (Å²) in [5.41, 5.74) is 6.76. The summed E-state index contributed by atoms with van der Waals surface area (Å²) in [6.07, 6.45) is 6.69. The molecular formula is C8H13N3S. The van der Waals surface area contributed by atoms with E-state index in [1.54, 1.807) is 6.20 Å². The van der Waals surface area contributed by atoms with Crippen LogP contribution < -0.4 is 5.73 Å². The van der Waals surface area contributed by atoms with Crippen LogP contribution in [0.5, 0.6) is 0 Å². The van der Waals surface area contributed by atoms with Gasteiger partial charge in [0.05, 0.1) is 23.6 Å². The van der Waals surface area contributed by atoms with Crippen molar-refractivity contribution in [1.82, 2.24) is 8.75 Å². The maximum absolute atomic E-state index is 5.85. The summed E-state index contributed by atoms with van der Waals surface area (Å²) in [6.45, 7) is 3.65. The summed E-state index contributed by atoms with van der Waals surface area (Å²) in [4.78, 5) is 0. The van der Waals surface area contributed by atoms with Gasteiger partial charge in [-0.2, -0.15) is 8.75 Å². The molecule has 0 saturated heterocycles. The molecule has 0 aliphatic carbocycles. The third-order valence-corrected chi connectivity index (χ3v) is 2.17. The Morgan fingerprint density at radius 3 is 3.17 bits per heavy atom. The number of nitrogens with zero attached hydrogens (tertiary/aromatic N) is 2. The van der Waals surface area contributed by atoms with Crippen molar-refractivity contribution in [2.45, 2.75) is 25.3 Å². The highest BCUT2D eigenvalue weighted by molar-refractivity contribution is 6.99. The zero-order valence-electron chi connectivity index (χ0n) is 6.94. The summed E-state index contributed by atoms with van der Waals surface area (Å²) in [6, 6.07) is 0.0451. The second-order valence-corrected chi connectivity index (χ2v) is 3.22. The first kappa shape index (κ1) is 9.35. The number of nitrogens with two attached hydrogens (primary N) is 1. The van der Waals surface area contributed by atoms with Gasteiger partial charge in [-0.3, -0.25) is 0 Å². The molecule has 1 unspecified atom stereocenters. The molecule has 0 saturated carbocycles. The van der Waals surface area contributed by atoms with Crippen LogP contribution in [0.4, 0.5) is 0 Å². The van der Waals surface area contributed by atoms with Crippen LogP contribution in [-0.2, 0) is 0 Å². The van der Waals surface area contributed by atoms with E-state index in [1.165, 1.54) is 11.7 Å². The van der Waals surface area contributed by atoms with Crippen molar-refractivity contribution in [3.63, 3.8) is 0 Å². The van der Waals surface area contributed by atoms with Gasteiger partial charge in [0.25, 0.3) is 0 Å². The molecule has 1 rings (SSSR count). The fraction of sp³-hybridized carbons (Fsp3) is 0.500. The van der Waals surface area contributed by atoms with Gasteiger partial charge in [0.2, 0.25) is 0 Å². The molecule has 12 heavy (non-hydrogen) atoms. The molecule has 1 aromatic heterocycles. The lowest BCUT2D eigenvalue weighted by Crippen LogP contribution is -2.09. The lowest BCUT2D eigenvalue weighted by molar-refractivity contribution is 0.607. The molecule has 1 aromatic rings. The van der Waals surface area contributed by atoms with Crippen LogP contribution in [0.1, 0.15) is 31.0 Å².